The molecule has 8 nitrogen and oxygen atoms in total. The number of carbonyl (C=O) groups excluding carboxylic acids is 1. The van der Waals surface area contributed by atoms with E-state index in [-0.39, 0.29) is 30.6 Å². The third kappa shape index (κ3) is 5.45. The molecule has 2 aliphatic rings. The van der Waals surface area contributed by atoms with E-state index in [1.54, 1.807) is 53.7 Å². The van der Waals surface area contributed by atoms with E-state index in [0.29, 0.717) is 32.4 Å². The molecule has 1 aromatic heterocycles. The lowest BCUT2D eigenvalue weighted by Crippen LogP contribution is -2.48. The molecule has 1 fully saturated rings. The Morgan fingerprint density at radius 2 is 1.70 bits per heavy atom. The lowest BCUT2D eigenvalue weighted by atomic mass is 9.85. The van der Waals surface area contributed by atoms with Crippen molar-refractivity contribution in [2.75, 3.05) is 26.3 Å². The summed E-state index contributed by atoms with van der Waals surface area (Å²) in [6, 6.07) is 19.4. The van der Waals surface area contributed by atoms with Crippen LogP contribution in [0.4, 0.5) is 0 Å². The van der Waals surface area contributed by atoms with Crippen LogP contribution in [0.3, 0.4) is 0 Å². The quantitative estimate of drug-likeness (QED) is 0.513. The summed E-state index contributed by atoms with van der Waals surface area (Å²) in [5.74, 6) is -0.165. The van der Waals surface area contributed by atoms with Gasteiger partial charge in [-0.05, 0) is 48.6 Å². The number of hydrogen-bond acceptors (Lipinski definition) is 6. The zero-order valence-corrected chi connectivity index (χ0v) is 21.4. The Morgan fingerprint density at radius 1 is 1.00 bits per heavy atom. The van der Waals surface area contributed by atoms with Gasteiger partial charge in [-0.15, -0.1) is 0 Å². The highest BCUT2D eigenvalue weighted by Gasteiger charge is 2.37. The van der Waals surface area contributed by atoms with E-state index >= 15 is 0 Å². The van der Waals surface area contributed by atoms with Crippen molar-refractivity contribution in [2.24, 2.45) is 0 Å². The minimum absolute atomic E-state index is 0.111. The average Bonchev–Trinajstić information content (AvgIpc) is 2.94. The van der Waals surface area contributed by atoms with Gasteiger partial charge in [-0.3, -0.25) is 9.78 Å². The van der Waals surface area contributed by atoms with E-state index in [1.807, 2.05) is 30.3 Å². The van der Waals surface area contributed by atoms with Gasteiger partial charge in [0.2, 0.25) is 15.9 Å². The summed E-state index contributed by atoms with van der Waals surface area (Å²) in [4.78, 5) is 18.9. The van der Waals surface area contributed by atoms with E-state index < -0.39 is 21.7 Å². The number of nitrogens with zero attached hydrogens (tertiary/aromatic N) is 3. The summed E-state index contributed by atoms with van der Waals surface area (Å²) in [6.45, 7) is 1.06. The fourth-order valence-corrected chi connectivity index (χ4v) is 6.75. The minimum atomic E-state index is -3.74. The molecule has 0 aliphatic carbocycles. The molecule has 1 atom stereocenters. The van der Waals surface area contributed by atoms with E-state index in [0.717, 1.165) is 16.7 Å². The number of benzene rings is 2. The topological polar surface area (TPSA) is 100 Å². The summed E-state index contributed by atoms with van der Waals surface area (Å²) in [7, 11) is -3.74. The second-order valence-corrected chi connectivity index (χ2v) is 11.5. The largest absolute Gasteiger partial charge is 0.385 e. The number of sulfonamides is 1. The number of pyridine rings is 1. The first-order valence-electron chi connectivity index (χ1n) is 12.5. The highest BCUT2D eigenvalue weighted by molar-refractivity contribution is 7.89. The molecule has 0 radical (unpaired) electrons. The van der Waals surface area contributed by atoms with E-state index in [9.17, 15) is 18.3 Å². The number of carbonyl (C=O) groups is 1. The van der Waals surface area contributed by atoms with Crippen molar-refractivity contribution < 1.29 is 23.1 Å². The molecule has 37 heavy (non-hydrogen) atoms. The summed E-state index contributed by atoms with van der Waals surface area (Å²) in [5.41, 5.74) is 1.83. The maximum Gasteiger partial charge on any atom is 0.248 e. The van der Waals surface area contributed by atoms with Crippen LogP contribution in [0.15, 0.2) is 84.0 Å². The van der Waals surface area contributed by atoms with Crippen LogP contribution in [-0.4, -0.2) is 66.0 Å². The van der Waals surface area contributed by atoms with Gasteiger partial charge in [0.25, 0.3) is 0 Å². The predicted molar refractivity (Wildman–Crippen MR) is 138 cm³/mol. The molecule has 2 aliphatic heterocycles. The van der Waals surface area contributed by atoms with Crippen molar-refractivity contribution in [1.82, 2.24) is 14.2 Å². The molecule has 3 aromatic rings. The normalized spacial score (nSPS) is 19.8. The number of aliphatic hydroxyl groups is 1. The molecule has 1 unspecified atom stereocenters. The number of ether oxygens (including phenoxy) is 1. The van der Waals surface area contributed by atoms with Crippen LogP contribution in [0.25, 0.3) is 0 Å². The molecular weight excluding hydrogens is 490 g/mol. The third-order valence-electron chi connectivity index (χ3n) is 7.34. The van der Waals surface area contributed by atoms with Gasteiger partial charge in [-0.2, -0.15) is 4.31 Å². The number of rotatable bonds is 7. The van der Waals surface area contributed by atoms with Crippen LogP contribution in [0, 0.1) is 0 Å². The Labute approximate surface area is 217 Å². The van der Waals surface area contributed by atoms with E-state index in [2.05, 4.69) is 4.98 Å². The number of aromatic nitrogens is 1. The van der Waals surface area contributed by atoms with Crippen molar-refractivity contribution in [3.05, 3.63) is 95.8 Å². The molecule has 9 heteroatoms. The molecule has 1 N–H and O–H groups in total. The molecule has 1 saturated heterocycles. The summed E-state index contributed by atoms with van der Waals surface area (Å²) < 4.78 is 34.3. The fraction of sp³-hybridized carbons (Fsp3) is 0.357. The smallest absolute Gasteiger partial charge is 0.248 e. The van der Waals surface area contributed by atoms with Crippen molar-refractivity contribution in [3.63, 3.8) is 0 Å². The van der Waals surface area contributed by atoms with Gasteiger partial charge < -0.3 is 14.7 Å². The zero-order valence-electron chi connectivity index (χ0n) is 20.6. The zero-order chi connectivity index (χ0) is 25.9. The standard InChI is InChI=1S/C28H31N3O5S/c32-27(30-15-12-28(33,13-16-30)24-9-6-14-29-18-24)21-36-20-25-17-22-7-4-5-8-23(22)19-31(25)37(34,35)26-10-2-1-3-11-26/h1-11,14,18,25,33H,12-13,15-17,19-21H2. The molecular formula is C28H31N3O5S. The molecule has 2 aromatic carbocycles. The molecule has 0 saturated carbocycles. The van der Waals surface area contributed by atoms with Gasteiger partial charge in [0.15, 0.2) is 0 Å². The van der Waals surface area contributed by atoms with Crippen LogP contribution in [0.5, 0.6) is 0 Å². The van der Waals surface area contributed by atoms with Crippen LogP contribution >= 0.6 is 0 Å². The maximum absolute atomic E-state index is 13.5. The van der Waals surface area contributed by atoms with Gasteiger partial charge >= 0.3 is 0 Å². The Bertz CT molecular complexity index is 1330. The first-order chi connectivity index (χ1) is 17.9. The van der Waals surface area contributed by atoms with E-state index in [4.69, 9.17) is 4.74 Å². The molecule has 1 amide bonds. The number of likely N-dealkylation sites (tertiary alicyclic amines) is 1. The van der Waals surface area contributed by atoms with Crippen LogP contribution < -0.4 is 0 Å². The second-order valence-electron chi connectivity index (χ2n) is 9.66. The highest BCUT2D eigenvalue weighted by Crippen LogP contribution is 2.32. The summed E-state index contributed by atoms with van der Waals surface area (Å²) >= 11 is 0. The molecule has 0 spiro atoms. The van der Waals surface area contributed by atoms with Crippen molar-refractivity contribution in [3.8, 4) is 0 Å². The lowest BCUT2D eigenvalue weighted by Gasteiger charge is -2.38. The number of amides is 1. The Hall–Kier alpha value is -3.11. The number of fused-ring (bicyclic) bond motifs is 1. The summed E-state index contributed by atoms with van der Waals surface area (Å²) in [5, 5.41) is 11.0. The summed E-state index contributed by atoms with van der Waals surface area (Å²) in [6.07, 6.45) is 4.69. The first kappa shape index (κ1) is 25.5. The highest BCUT2D eigenvalue weighted by atomic mass is 32.2. The minimum Gasteiger partial charge on any atom is -0.385 e. The van der Waals surface area contributed by atoms with Gasteiger partial charge in [0.05, 0.1) is 23.1 Å². The third-order valence-corrected chi connectivity index (χ3v) is 9.25. The van der Waals surface area contributed by atoms with Crippen LogP contribution in [0.2, 0.25) is 0 Å². The van der Waals surface area contributed by atoms with Gasteiger partial charge in [0, 0.05) is 37.6 Å². The second kappa shape index (κ2) is 10.7. The van der Waals surface area contributed by atoms with Gasteiger partial charge in [0.1, 0.15) is 6.61 Å². The van der Waals surface area contributed by atoms with E-state index in [1.165, 1.54) is 4.31 Å². The molecule has 5 rings (SSSR count). The van der Waals surface area contributed by atoms with Crippen molar-refractivity contribution >= 4 is 15.9 Å². The molecule has 0 bridgehead atoms. The van der Waals surface area contributed by atoms with Crippen molar-refractivity contribution in [2.45, 2.75) is 42.3 Å². The van der Waals surface area contributed by atoms with Crippen LogP contribution in [0.1, 0.15) is 29.5 Å². The van der Waals surface area contributed by atoms with Crippen molar-refractivity contribution in [1.29, 1.82) is 0 Å². The van der Waals surface area contributed by atoms with Gasteiger partial charge in [-0.25, -0.2) is 8.42 Å². The Kier molecular flexibility index (Phi) is 7.39. The fourth-order valence-electron chi connectivity index (χ4n) is 5.14. The SMILES string of the molecule is O=C(COCC1Cc2ccccc2CN1S(=O)(=O)c1ccccc1)N1CCC(O)(c2cccnc2)CC1. The average molecular weight is 522 g/mol. The lowest BCUT2D eigenvalue weighted by molar-refractivity contribution is -0.141. The maximum atomic E-state index is 13.5. The number of hydrogen-bond donors (Lipinski definition) is 1. The number of piperidine rings is 1. The van der Waals surface area contributed by atoms with Gasteiger partial charge in [-0.1, -0.05) is 48.5 Å². The Morgan fingerprint density at radius 3 is 2.41 bits per heavy atom. The molecule has 194 valence electrons. The predicted octanol–water partition coefficient (Wildman–Crippen LogP) is 2.72. The first-order valence-corrected chi connectivity index (χ1v) is 13.9. The van der Waals surface area contributed by atoms with Crippen LogP contribution in [-0.2, 0) is 38.1 Å². The molecule has 3 heterocycles. The Balaban J connectivity index is 1.22. The monoisotopic (exact) mass is 521 g/mol.